The molecule has 1 heterocycles. The van der Waals surface area contributed by atoms with E-state index in [0.29, 0.717) is 11.7 Å². The van der Waals surface area contributed by atoms with E-state index in [2.05, 4.69) is 23.5 Å². The molecule has 0 fully saturated rings. The van der Waals surface area contributed by atoms with Crippen LogP contribution in [0.25, 0.3) is 0 Å². The number of hydrogen-bond acceptors (Lipinski definition) is 5. The van der Waals surface area contributed by atoms with Gasteiger partial charge in [0.25, 0.3) is 5.69 Å². The standard InChI is InChI=1S/C20H20N2O4/c1-25-14-6-3-5-12(9-14)19-16-8-4-7-15(16)17-10-13(22(23)24)11-18(26-2)20(17)21-19/h3-7,9-11,15-16,19,21H,8H2,1-2H3/t15-,16+,19-/m1/s1. The third-order valence-corrected chi connectivity index (χ3v) is 5.30. The maximum absolute atomic E-state index is 11.3. The zero-order chi connectivity index (χ0) is 18.3. The summed E-state index contributed by atoms with van der Waals surface area (Å²) in [6, 6.07) is 11.2. The number of nitro benzene ring substituents is 1. The van der Waals surface area contributed by atoms with Crippen LogP contribution in [-0.2, 0) is 0 Å². The number of anilines is 1. The van der Waals surface area contributed by atoms with E-state index >= 15 is 0 Å². The number of rotatable bonds is 4. The highest BCUT2D eigenvalue weighted by Gasteiger charge is 2.40. The molecule has 6 nitrogen and oxygen atoms in total. The normalized spacial score (nSPS) is 22.9. The Labute approximate surface area is 151 Å². The van der Waals surface area contributed by atoms with Crippen LogP contribution in [0.15, 0.2) is 48.6 Å². The molecule has 0 saturated carbocycles. The Morgan fingerprint density at radius 3 is 2.77 bits per heavy atom. The Hall–Kier alpha value is -3.02. The van der Waals surface area contributed by atoms with Gasteiger partial charge in [0.05, 0.1) is 36.9 Å². The van der Waals surface area contributed by atoms with Crippen LogP contribution >= 0.6 is 0 Å². The minimum Gasteiger partial charge on any atom is -0.497 e. The predicted octanol–water partition coefficient (Wildman–Crippen LogP) is 4.44. The Morgan fingerprint density at radius 2 is 2.04 bits per heavy atom. The van der Waals surface area contributed by atoms with Gasteiger partial charge in [0.2, 0.25) is 0 Å². The zero-order valence-electron chi connectivity index (χ0n) is 14.6. The molecule has 0 amide bonds. The lowest BCUT2D eigenvalue weighted by atomic mass is 9.76. The summed E-state index contributed by atoms with van der Waals surface area (Å²) in [5, 5.41) is 14.9. The van der Waals surface area contributed by atoms with Crippen LogP contribution < -0.4 is 14.8 Å². The SMILES string of the molecule is COc1cccc([C@H]2Nc3c(OC)cc([N+](=O)[O-])cc3[C@@H]3C=CC[C@H]23)c1. The molecule has 0 spiro atoms. The van der Waals surface area contributed by atoms with Gasteiger partial charge in [0, 0.05) is 12.0 Å². The van der Waals surface area contributed by atoms with E-state index in [0.717, 1.165) is 29.0 Å². The highest BCUT2D eigenvalue weighted by Crippen LogP contribution is 2.53. The third kappa shape index (κ3) is 2.58. The summed E-state index contributed by atoms with van der Waals surface area (Å²) in [5.74, 6) is 1.73. The van der Waals surface area contributed by atoms with Gasteiger partial charge in [-0.3, -0.25) is 10.1 Å². The number of methoxy groups -OCH3 is 2. The molecule has 0 saturated heterocycles. The number of allylic oxidation sites excluding steroid dienone is 2. The second-order valence-electron chi connectivity index (χ2n) is 6.62. The van der Waals surface area contributed by atoms with E-state index in [1.807, 2.05) is 18.2 Å². The van der Waals surface area contributed by atoms with Crippen molar-refractivity contribution in [2.24, 2.45) is 5.92 Å². The number of nitrogens with zero attached hydrogens (tertiary/aromatic N) is 1. The Bertz CT molecular complexity index is 893. The summed E-state index contributed by atoms with van der Waals surface area (Å²) in [7, 11) is 3.20. The van der Waals surface area contributed by atoms with E-state index in [9.17, 15) is 10.1 Å². The van der Waals surface area contributed by atoms with Crippen molar-refractivity contribution < 1.29 is 14.4 Å². The summed E-state index contributed by atoms with van der Waals surface area (Å²) in [5.41, 5.74) is 2.95. The van der Waals surface area contributed by atoms with Gasteiger partial charge < -0.3 is 14.8 Å². The van der Waals surface area contributed by atoms with Crippen molar-refractivity contribution >= 4 is 11.4 Å². The van der Waals surface area contributed by atoms with Crippen LogP contribution in [-0.4, -0.2) is 19.1 Å². The number of ether oxygens (including phenoxy) is 2. The summed E-state index contributed by atoms with van der Waals surface area (Å²) < 4.78 is 10.8. The van der Waals surface area contributed by atoms with Gasteiger partial charge in [-0.1, -0.05) is 24.3 Å². The third-order valence-electron chi connectivity index (χ3n) is 5.30. The lowest BCUT2D eigenvalue weighted by molar-refractivity contribution is -0.385. The lowest BCUT2D eigenvalue weighted by Gasteiger charge is -2.38. The summed E-state index contributed by atoms with van der Waals surface area (Å²) >= 11 is 0. The van der Waals surface area contributed by atoms with Crippen molar-refractivity contribution in [1.82, 2.24) is 0 Å². The van der Waals surface area contributed by atoms with E-state index in [1.54, 1.807) is 13.2 Å². The van der Waals surface area contributed by atoms with Gasteiger partial charge in [-0.25, -0.2) is 0 Å². The largest absolute Gasteiger partial charge is 0.497 e. The van der Waals surface area contributed by atoms with Gasteiger partial charge in [0.1, 0.15) is 11.5 Å². The molecule has 4 rings (SSSR count). The highest BCUT2D eigenvalue weighted by molar-refractivity contribution is 5.71. The van der Waals surface area contributed by atoms with Gasteiger partial charge in [-0.05, 0) is 35.6 Å². The summed E-state index contributed by atoms with van der Waals surface area (Å²) in [6.45, 7) is 0. The number of hydrogen-bond donors (Lipinski definition) is 1. The van der Waals surface area contributed by atoms with Crippen molar-refractivity contribution in [1.29, 1.82) is 0 Å². The molecule has 2 aliphatic rings. The van der Waals surface area contributed by atoms with Crippen LogP contribution in [0.5, 0.6) is 11.5 Å². The molecule has 1 N–H and O–H groups in total. The van der Waals surface area contributed by atoms with Crippen molar-refractivity contribution in [3.05, 3.63) is 69.8 Å². The zero-order valence-corrected chi connectivity index (χ0v) is 14.6. The smallest absolute Gasteiger partial charge is 0.273 e. The van der Waals surface area contributed by atoms with Gasteiger partial charge in [-0.2, -0.15) is 0 Å². The molecular weight excluding hydrogens is 332 g/mol. The van der Waals surface area contributed by atoms with Crippen molar-refractivity contribution in [2.75, 3.05) is 19.5 Å². The minimum absolute atomic E-state index is 0.0567. The number of non-ortho nitro benzene ring substituents is 1. The molecule has 6 heteroatoms. The second-order valence-corrected chi connectivity index (χ2v) is 6.62. The van der Waals surface area contributed by atoms with Crippen LogP contribution in [0.2, 0.25) is 0 Å². The molecule has 0 unspecified atom stereocenters. The highest BCUT2D eigenvalue weighted by atomic mass is 16.6. The van der Waals surface area contributed by atoms with E-state index in [1.165, 1.54) is 13.2 Å². The van der Waals surface area contributed by atoms with E-state index in [-0.39, 0.29) is 22.6 Å². The van der Waals surface area contributed by atoms with E-state index < -0.39 is 0 Å². The molecule has 0 aromatic heterocycles. The quantitative estimate of drug-likeness (QED) is 0.500. The van der Waals surface area contributed by atoms with Crippen LogP contribution in [0.1, 0.15) is 29.5 Å². The van der Waals surface area contributed by atoms with Crippen molar-refractivity contribution in [3.8, 4) is 11.5 Å². The van der Waals surface area contributed by atoms with Crippen LogP contribution in [0.4, 0.5) is 11.4 Å². The average molecular weight is 352 g/mol. The first kappa shape index (κ1) is 16.4. The molecule has 2 aromatic rings. The first-order valence-corrected chi connectivity index (χ1v) is 8.56. The van der Waals surface area contributed by atoms with Gasteiger partial charge in [0.15, 0.2) is 0 Å². The number of benzene rings is 2. The first-order chi connectivity index (χ1) is 12.6. The first-order valence-electron chi connectivity index (χ1n) is 8.56. The topological polar surface area (TPSA) is 73.6 Å². The molecule has 0 bridgehead atoms. The molecule has 3 atom stereocenters. The summed E-state index contributed by atoms with van der Waals surface area (Å²) in [6.07, 6.45) is 5.23. The number of fused-ring (bicyclic) bond motifs is 3. The molecule has 1 aliphatic heterocycles. The number of nitro groups is 1. The molecule has 134 valence electrons. The monoisotopic (exact) mass is 352 g/mol. The second kappa shape index (κ2) is 6.37. The molecule has 0 radical (unpaired) electrons. The maximum Gasteiger partial charge on any atom is 0.273 e. The minimum atomic E-state index is -0.370. The van der Waals surface area contributed by atoms with Crippen molar-refractivity contribution in [2.45, 2.75) is 18.4 Å². The summed E-state index contributed by atoms with van der Waals surface area (Å²) in [4.78, 5) is 10.9. The van der Waals surface area contributed by atoms with Crippen molar-refractivity contribution in [3.63, 3.8) is 0 Å². The molecule has 1 aliphatic carbocycles. The Morgan fingerprint density at radius 1 is 1.19 bits per heavy atom. The van der Waals surface area contributed by atoms with E-state index in [4.69, 9.17) is 9.47 Å². The fraction of sp³-hybridized carbons (Fsp3) is 0.300. The van der Waals surface area contributed by atoms with Gasteiger partial charge >= 0.3 is 0 Å². The fourth-order valence-corrected chi connectivity index (χ4v) is 4.08. The molecular formula is C20H20N2O4. The molecule has 26 heavy (non-hydrogen) atoms. The lowest BCUT2D eigenvalue weighted by Crippen LogP contribution is -2.29. The maximum atomic E-state index is 11.3. The average Bonchev–Trinajstić information content (AvgIpc) is 3.16. The Kier molecular flexibility index (Phi) is 4.03. The molecule has 2 aromatic carbocycles. The predicted molar refractivity (Wildman–Crippen MR) is 99.0 cm³/mol. The van der Waals surface area contributed by atoms with Crippen LogP contribution in [0, 0.1) is 16.0 Å². The van der Waals surface area contributed by atoms with Crippen LogP contribution in [0.3, 0.4) is 0 Å². The fourth-order valence-electron chi connectivity index (χ4n) is 4.08. The Balaban J connectivity index is 1.83. The number of nitrogens with one attached hydrogen (secondary N) is 1. The van der Waals surface area contributed by atoms with Gasteiger partial charge in [-0.15, -0.1) is 0 Å².